The minimum atomic E-state index is -0.330. The van der Waals surface area contributed by atoms with E-state index in [9.17, 15) is 14.4 Å². The Hall–Kier alpha value is -3.74. The Morgan fingerprint density at radius 3 is 2.38 bits per heavy atom. The summed E-state index contributed by atoms with van der Waals surface area (Å²) in [5, 5.41) is 12.1. The quantitative estimate of drug-likeness (QED) is 0.321. The average molecular weight is 541 g/mol. The lowest BCUT2D eigenvalue weighted by molar-refractivity contribution is 0.248. The monoisotopic (exact) mass is 540 g/mol. The van der Waals surface area contributed by atoms with Crippen LogP contribution in [0.25, 0.3) is 22.0 Å². The molecule has 9 heteroatoms. The highest BCUT2D eigenvalue weighted by Crippen LogP contribution is 2.40. The van der Waals surface area contributed by atoms with E-state index in [-0.39, 0.29) is 17.4 Å². The summed E-state index contributed by atoms with van der Waals surface area (Å²) >= 11 is 1.30. The van der Waals surface area contributed by atoms with Crippen LogP contribution in [-0.2, 0) is 0 Å². The Kier molecular flexibility index (Phi) is 5.90. The number of rotatable bonds is 6. The van der Waals surface area contributed by atoms with E-state index >= 15 is 0 Å². The van der Waals surface area contributed by atoms with Gasteiger partial charge in [0.15, 0.2) is 5.13 Å². The summed E-state index contributed by atoms with van der Waals surface area (Å²) < 4.78 is 15.4. The molecule has 0 atom stereocenters. The van der Waals surface area contributed by atoms with Crippen LogP contribution >= 0.6 is 11.3 Å². The van der Waals surface area contributed by atoms with Crippen molar-refractivity contribution in [3.63, 3.8) is 0 Å². The minimum absolute atomic E-state index is 0.0404. The molecule has 0 unspecified atom stereocenters. The van der Waals surface area contributed by atoms with Crippen molar-refractivity contribution in [2.75, 3.05) is 43.0 Å². The summed E-state index contributed by atoms with van der Waals surface area (Å²) in [7, 11) is 1.94. The van der Waals surface area contributed by atoms with E-state index in [0.29, 0.717) is 26.7 Å². The molecule has 39 heavy (non-hydrogen) atoms. The molecule has 2 saturated carbocycles. The predicted octanol–water partition coefficient (Wildman–Crippen LogP) is 5.52. The minimum Gasteiger partial charge on any atom is -0.369 e. The Morgan fingerprint density at radius 2 is 1.72 bits per heavy atom. The van der Waals surface area contributed by atoms with Crippen molar-refractivity contribution in [2.24, 2.45) is 0 Å². The van der Waals surface area contributed by atoms with Crippen LogP contribution in [0.2, 0.25) is 0 Å². The van der Waals surface area contributed by atoms with E-state index in [1.807, 2.05) is 28.8 Å². The third kappa shape index (κ3) is 4.48. The van der Waals surface area contributed by atoms with Crippen molar-refractivity contribution in [2.45, 2.75) is 37.8 Å². The van der Waals surface area contributed by atoms with Crippen LogP contribution in [0.1, 0.15) is 36.6 Å². The van der Waals surface area contributed by atoms with Gasteiger partial charge in [0, 0.05) is 73.5 Å². The third-order valence-electron chi connectivity index (χ3n) is 8.17. The SMILES string of the molecule is CN(c1nc(-c2ccc(F)cc2)c(C#N)s1)c1cn(C2CC2)c(=O)c2ccc(N3CCN(C4CC4)CC3)cc12. The number of nitriles is 1. The molecule has 3 aliphatic rings. The van der Waals surface area contributed by atoms with Crippen LogP contribution in [0.3, 0.4) is 0 Å². The van der Waals surface area contributed by atoms with Gasteiger partial charge in [-0.15, -0.1) is 0 Å². The fourth-order valence-corrected chi connectivity index (χ4v) is 6.50. The molecule has 3 heterocycles. The van der Waals surface area contributed by atoms with Crippen molar-refractivity contribution in [3.05, 3.63) is 69.7 Å². The number of aromatic nitrogens is 2. The topological polar surface area (TPSA) is 68.4 Å². The van der Waals surface area contributed by atoms with Crippen molar-refractivity contribution in [1.82, 2.24) is 14.5 Å². The number of pyridine rings is 1. The van der Waals surface area contributed by atoms with E-state index < -0.39 is 0 Å². The second kappa shape index (κ2) is 9.47. The zero-order valence-corrected chi connectivity index (χ0v) is 22.6. The molecule has 4 aromatic rings. The maximum Gasteiger partial charge on any atom is 0.258 e. The van der Waals surface area contributed by atoms with Crippen LogP contribution in [0.4, 0.5) is 20.9 Å². The second-order valence-corrected chi connectivity index (χ2v) is 11.8. The predicted molar refractivity (Wildman–Crippen MR) is 154 cm³/mol. The molecule has 198 valence electrons. The number of anilines is 3. The first kappa shape index (κ1) is 24.3. The molecule has 0 spiro atoms. The lowest BCUT2D eigenvalue weighted by Crippen LogP contribution is -2.47. The van der Waals surface area contributed by atoms with Crippen LogP contribution in [0, 0.1) is 17.1 Å². The van der Waals surface area contributed by atoms with Crippen LogP contribution in [0.15, 0.2) is 53.5 Å². The van der Waals surface area contributed by atoms with Crippen LogP contribution < -0.4 is 15.4 Å². The normalized spacial score (nSPS) is 17.9. The van der Waals surface area contributed by atoms with Gasteiger partial charge in [0.2, 0.25) is 0 Å². The van der Waals surface area contributed by atoms with Gasteiger partial charge < -0.3 is 14.4 Å². The van der Waals surface area contributed by atoms with E-state index in [0.717, 1.165) is 61.8 Å². The average Bonchev–Trinajstić information content (AvgIpc) is 3.91. The van der Waals surface area contributed by atoms with Gasteiger partial charge in [0.1, 0.15) is 22.5 Å². The standard InChI is InChI=1S/C30H29FN6OS/c1-34(30-33-28(27(17-32)39-30)19-2-4-20(31)5-3-19)26-18-37(22-8-9-22)29(38)24-11-10-23(16-25(24)26)36-14-12-35(13-15-36)21-6-7-21/h2-5,10-11,16,18,21-22H,6-9,12-15H2,1H3. The highest BCUT2D eigenvalue weighted by Gasteiger charge is 2.32. The zero-order chi connectivity index (χ0) is 26.7. The van der Waals surface area contributed by atoms with Crippen LogP contribution in [0.5, 0.6) is 0 Å². The maximum atomic E-state index is 13.5. The number of benzene rings is 2. The molecule has 0 amide bonds. The van der Waals surface area contributed by atoms with Gasteiger partial charge in [-0.25, -0.2) is 9.37 Å². The summed E-state index contributed by atoms with van der Waals surface area (Å²) in [6, 6.07) is 15.5. The largest absolute Gasteiger partial charge is 0.369 e. The molecule has 0 radical (unpaired) electrons. The fourth-order valence-electron chi connectivity index (χ4n) is 5.64. The lowest BCUT2D eigenvalue weighted by Gasteiger charge is -2.36. The lowest BCUT2D eigenvalue weighted by atomic mass is 10.1. The first-order valence-corrected chi connectivity index (χ1v) is 14.4. The number of piperazine rings is 1. The smallest absolute Gasteiger partial charge is 0.258 e. The van der Waals surface area contributed by atoms with Gasteiger partial charge in [0.05, 0.1) is 5.69 Å². The molecule has 1 aliphatic heterocycles. The van der Waals surface area contributed by atoms with Gasteiger partial charge in [-0.1, -0.05) is 11.3 Å². The zero-order valence-electron chi connectivity index (χ0n) is 21.8. The van der Waals surface area contributed by atoms with Gasteiger partial charge in [0.25, 0.3) is 5.56 Å². The Bertz CT molecular complexity index is 1660. The first-order valence-electron chi connectivity index (χ1n) is 13.6. The van der Waals surface area contributed by atoms with Crippen molar-refractivity contribution in [3.8, 4) is 17.3 Å². The number of nitrogens with zero attached hydrogens (tertiary/aromatic N) is 6. The highest BCUT2D eigenvalue weighted by molar-refractivity contribution is 7.16. The number of hydrogen-bond acceptors (Lipinski definition) is 7. The molecule has 2 aromatic carbocycles. The van der Waals surface area contributed by atoms with Gasteiger partial charge >= 0.3 is 0 Å². The molecule has 7 nitrogen and oxygen atoms in total. The van der Waals surface area contributed by atoms with Crippen LogP contribution in [-0.4, -0.2) is 53.7 Å². The Balaban J connectivity index is 1.29. The highest BCUT2D eigenvalue weighted by atomic mass is 32.1. The summed E-state index contributed by atoms with van der Waals surface area (Å²) in [5.74, 6) is -0.330. The number of thiazole rings is 1. The Labute approximate surface area is 230 Å². The van der Waals surface area contributed by atoms with Gasteiger partial charge in [-0.3, -0.25) is 9.69 Å². The molecule has 2 aromatic heterocycles. The molecule has 7 rings (SSSR count). The number of hydrogen-bond donors (Lipinski definition) is 0. The Morgan fingerprint density at radius 1 is 1.00 bits per heavy atom. The molecular weight excluding hydrogens is 511 g/mol. The maximum absolute atomic E-state index is 13.5. The number of fused-ring (bicyclic) bond motifs is 1. The summed E-state index contributed by atoms with van der Waals surface area (Å²) in [4.78, 5) is 25.8. The summed E-state index contributed by atoms with van der Waals surface area (Å²) in [6.07, 6.45) is 6.62. The third-order valence-corrected chi connectivity index (χ3v) is 9.21. The van der Waals surface area contributed by atoms with Gasteiger partial charge in [-0.2, -0.15) is 5.26 Å². The van der Waals surface area contributed by atoms with E-state index in [4.69, 9.17) is 4.98 Å². The summed E-state index contributed by atoms with van der Waals surface area (Å²) in [5.41, 5.74) is 3.29. The molecule has 3 fully saturated rings. The van der Waals surface area contributed by atoms with Gasteiger partial charge in [-0.05, 0) is 68.1 Å². The van der Waals surface area contributed by atoms with E-state index in [2.05, 4.69) is 28.0 Å². The molecule has 2 aliphatic carbocycles. The van der Waals surface area contributed by atoms with Crippen molar-refractivity contribution >= 4 is 38.6 Å². The fraction of sp³-hybridized carbons (Fsp3) is 0.367. The van der Waals surface area contributed by atoms with E-state index in [1.54, 1.807) is 12.1 Å². The first-order chi connectivity index (χ1) is 19.0. The molecule has 0 N–H and O–H groups in total. The number of halogens is 1. The second-order valence-electron chi connectivity index (χ2n) is 10.8. The molecule has 0 bridgehead atoms. The summed E-state index contributed by atoms with van der Waals surface area (Å²) in [6.45, 7) is 4.10. The van der Waals surface area contributed by atoms with Crippen molar-refractivity contribution < 1.29 is 4.39 Å². The van der Waals surface area contributed by atoms with Crippen molar-refractivity contribution in [1.29, 1.82) is 5.26 Å². The van der Waals surface area contributed by atoms with E-state index in [1.165, 1.54) is 36.3 Å². The molecular formula is C30H29FN6OS. The molecule has 1 saturated heterocycles.